The molecule has 1 aliphatic rings. The molecule has 142 valence electrons. The molecular weight excluding hydrogens is 340 g/mol. The molecule has 0 saturated carbocycles. The van der Waals surface area contributed by atoms with Crippen LogP contribution < -0.4 is 4.74 Å². The van der Waals surface area contributed by atoms with Gasteiger partial charge in [0.1, 0.15) is 11.4 Å². The van der Waals surface area contributed by atoms with Crippen LogP contribution in [0.5, 0.6) is 5.75 Å². The lowest BCUT2D eigenvalue weighted by Crippen LogP contribution is -2.28. The summed E-state index contributed by atoms with van der Waals surface area (Å²) in [5.74, 6) is 1.64. The summed E-state index contributed by atoms with van der Waals surface area (Å²) in [6.45, 7) is 1.97. The minimum absolute atomic E-state index is 0.281. The molecule has 1 atom stereocenters. The SMILES string of the molecule is COc1ccc(-c2cc(C3CCCCCN3Cc3cnn(C)c3)no2)cc1. The Kier molecular flexibility index (Phi) is 5.25. The highest BCUT2D eigenvalue weighted by molar-refractivity contribution is 5.58. The number of aromatic nitrogens is 3. The largest absolute Gasteiger partial charge is 0.497 e. The number of nitrogens with zero attached hydrogens (tertiary/aromatic N) is 4. The van der Waals surface area contributed by atoms with Gasteiger partial charge < -0.3 is 9.26 Å². The highest BCUT2D eigenvalue weighted by Crippen LogP contribution is 2.33. The third-order valence-corrected chi connectivity index (χ3v) is 5.25. The van der Waals surface area contributed by atoms with Gasteiger partial charge in [-0.2, -0.15) is 5.10 Å². The molecule has 1 aromatic carbocycles. The van der Waals surface area contributed by atoms with E-state index in [0.717, 1.165) is 42.3 Å². The number of methoxy groups -OCH3 is 1. The van der Waals surface area contributed by atoms with E-state index in [1.807, 2.05) is 42.2 Å². The van der Waals surface area contributed by atoms with E-state index in [0.29, 0.717) is 0 Å². The van der Waals surface area contributed by atoms with E-state index in [2.05, 4.69) is 27.4 Å². The first-order valence-corrected chi connectivity index (χ1v) is 9.55. The van der Waals surface area contributed by atoms with Gasteiger partial charge in [-0.15, -0.1) is 0 Å². The number of rotatable bonds is 5. The summed E-state index contributed by atoms with van der Waals surface area (Å²) >= 11 is 0. The van der Waals surface area contributed by atoms with Crippen molar-refractivity contribution in [2.45, 2.75) is 38.3 Å². The Bertz CT molecular complexity index is 868. The summed E-state index contributed by atoms with van der Waals surface area (Å²) in [5.41, 5.74) is 3.27. The minimum Gasteiger partial charge on any atom is -0.497 e. The predicted molar refractivity (Wildman–Crippen MR) is 103 cm³/mol. The Morgan fingerprint density at radius 2 is 2.04 bits per heavy atom. The molecule has 1 fully saturated rings. The Balaban J connectivity index is 1.56. The topological polar surface area (TPSA) is 56.3 Å². The second-order valence-corrected chi connectivity index (χ2v) is 7.20. The van der Waals surface area contributed by atoms with E-state index in [4.69, 9.17) is 9.26 Å². The van der Waals surface area contributed by atoms with E-state index in [1.54, 1.807) is 7.11 Å². The monoisotopic (exact) mass is 366 g/mol. The third kappa shape index (κ3) is 4.06. The molecule has 0 amide bonds. The Morgan fingerprint density at radius 1 is 1.19 bits per heavy atom. The quantitative estimate of drug-likeness (QED) is 0.677. The van der Waals surface area contributed by atoms with E-state index < -0.39 is 0 Å². The van der Waals surface area contributed by atoms with Crippen molar-refractivity contribution >= 4 is 0 Å². The van der Waals surface area contributed by atoms with Crippen LogP contribution in [0.3, 0.4) is 0 Å². The summed E-state index contributed by atoms with van der Waals surface area (Å²) in [6, 6.07) is 10.3. The first kappa shape index (κ1) is 17.8. The first-order chi connectivity index (χ1) is 13.2. The summed E-state index contributed by atoms with van der Waals surface area (Å²) in [7, 11) is 3.63. The van der Waals surface area contributed by atoms with Crippen molar-refractivity contribution in [3.05, 3.63) is 54.0 Å². The van der Waals surface area contributed by atoms with Crippen molar-refractivity contribution in [1.29, 1.82) is 0 Å². The van der Waals surface area contributed by atoms with Crippen molar-refractivity contribution in [3.63, 3.8) is 0 Å². The molecule has 0 bridgehead atoms. The lowest BCUT2D eigenvalue weighted by atomic mass is 10.0. The Labute approximate surface area is 159 Å². The van der Waals surface area contributed by atoms with Gasteiger partial charge in [0, 0.05) is 37.0 Å². The summed E-state index contributed by atoms with van der Waals surface area (Å²) < 4.78 is 12.8. The molecule has 3 aromatic rings. The molecule has 1 unspecified atom stereocenters. The molecule has 1 aliphatic heterocycles. The van der Waals surface area contributed by atoms with Crippen LogP contribution in [0.4, 0.5) is 0 Å². The Morgan fingerprint density at radius 3 is 2.78 bits per heavy atom. The maximum atomic E-state index is 5.69. The number of benzene rings is 1. The van der Waals surface area contributed by atoms with Gasteiger partial charge >= 0.3 is 0 Å². The number of hydrogen-bond acceptors (Lipinski definition) is 5. The van der Waals surface area contributed by atoms with Crippen LogP contribution in [0.1, 0.15) is 43.0 Å². The van der Waals surface area contributed by atoms with Crippen molar-refractivity contribution in [1.82, 2.24) is 19.8 Å². The van der Waals surface area contributed by atoms with Crippen LogP contribution in [-0.4, -0.2) is 33.5 Å². The average Bonchev–Trinajstić information content (AvgIpc) is 3.27. The number of aryl methyl sites for hydroxylation is 1. The number of likely N-dealkylation sites (tertiary alicyclic amines) is 1. The van der Waals surface area contributed by atoms with Crippen LogP contribution in [-0.2, 0) is 13.6 Å². The number of hydrogen-bond donors (Lipinski definition) is 0. The molecular formula is C21H26N4O2. The highest BCUT2D eigenvalue weighted by Gasteiger charge is 2.26. The van der Waals surface area contributed by atoms with Gasteiger partial charge in [0.05, 0.1) is 19.3 Å². The zero-order chi connectivity index (χ0) is 18.6. The van der Waals surface area contributed by atoms with Gasteiger partial charge in [-0.3, -0.25) is 9.58 Å². The summed E-state index contributed by atoms with van der Waals surface area (Å²) in [6.07, 6.45) is 8.86. The van der Waals surface area contributed by atoms with Gasteiger partial charge in [-0.25, -0.2) is 0 Å². The fraction of sp³-hybridized carbons (Fsp3) is 0.429. The average molecular weight is 366 g/mol. The molecule has 27 heavy (non-hydrogen) atoms. The standard InChI is InChI=1S/C21H26N4O2/c1-24-14-16(13-22-24)15-25-11-5-3-4-6-20(25)19-12-21(27-23-19)17-7-9-18(26-2)10-8-17/h7-10,12-14,20H,3-6,11,15H2,1-2H3. The fourth-order valence-electron chi connectivity index (χ4n) is 3.82. The van der Waals surface area contributed by atoms with Crippen molar-refractivity contribution in [2.24, 2.45) is 7.05 Å². The van der Waals surface area contributed by atoms with Crippen LogP contribution in [0.25, 0.3) is 11.3 Å². The maximum Gasteiger partial charge on any atom is 0.167 e. The smallest absolute Gasteiger partial charge is 0.167 e. The van der Waals surface area contributed by atoms with E-state index in [9.17, 15) is 0 Å². The molecule has 6 heteroatoms. The predicted octanol–water partition coefficient (Wildman–Crippen LogP) is 4.20. The highest BCUT2D eigenvalue weighted by atomic mass is 16.5. The van der Waals surface area contributed by atoms with Gasteiger partial charge in [0.25, 0.3) is 0 Å². The normalized spacial score (nSPS) is 18.4. The number of ether oxygens (including phenoxy) is 1. The van der Waals surface area contributed by atoms with E-state index in [-0.39, 0.29) is 6.04 Å². The van der Waals surface area contributed by atoms with Gasteiger partial charge in [0.2, 0.25) is 0 Å². The summed E-state index contributed by atoms with van der Waals surface area (Å²) in [4.78, 5) is 2.51. The lowest BCUT2D eigenvalue weighted by Gasteiger charge is -2.27. The molecule has 1 saturated heterocycles. The van der Waals surface area contributed by atoms with Crippen molar-refractivity contribution < 1.29 is 9.26 Å². The molecule has 2 aromatic heterocycles. The molecule has 0 aliphatic carbocycles. The summed E-state index contributed by atoms with van der Waals surface area (Å²) in [5, 5.41) is 8.74. The second kappa shape index (κ2) is 7.96. The van der Waals surface area contributed by atoms with Gasteiger partial charge in [0.15, 0.2) is 5.76 Å². The van der Waals surface area contributed by atoms with Crippen LogP contribution in [0, 0.1) is 0 Å². The fourth-order valence-corrected chi connectivity index (χ4v) is 3.82. The van der Waals surface area contributed by atoms with Crippen molar-refractivity contribution in [3.8, 4) is 17.1 Å². The van der Waals surface area contributed by atoms with E-state index >= 15 is 0 Å². The first-order valence-electron chi connectivity index (χ1n) is 9.55. The molecule has 0 N–H and O–H groups in total. The van der Waals surface area contributed by atoms with Crippen LogP contribution in [0.15, 0.2) is 47.2 Å². The van der Waals surface area contributed by atoms with Gasteiger partial charge in [-0.1, -0.05) is 18.0 Å². The molecule has 6 nitrogen and oxygen atoms in total. The molecule has 4 rings (SSSR count). The maximum absolute atomic E-state index is 5.69. The molecule has 0 radical (unpaired) electrons. The van der Waals surface area contributed by atoms with Crippen LogP contribution >= 0.6 is 0 Å². The zero-order valence-corrected chi connectivity index (χ0v) is 16.0. The third-order valence-electron chi connectivity index (χ3n) is 5.25. The molecule has 0 spiro atoms. The van der Waals surface area contributed by atoms with Crippen LogP contribution in [0.2, 0.25) is 0 Å². The Hall–Kier alpha value is -2.60. The minimum atomic E-state index is 0.281. The molecule has 3 heterocycles. The van der Waals surface area contributed by atoms with E-state index in [1.165, 1.54) is 24.8 Å². The van der Waals surface area contributed by atoms with Gasteiger partial charge in [-0.05, 0) is 43.7 Å². The zero-order valence-electron chi connectivity index (χ0n) is 16.0. The lowest BCUT2D eigenvalue weighted by molar-refractivity contribution is 0.184. The van der Waals surface area contributed by atoms with Crippen molar-refractivity contribution in [2.75, 3.05) is 13.7 Å². The second-order valence-electron chi connectivity index (χ2n) is 7.20.